The lowest BCUT2D eigenvalue weighted by molar-refractivity contribution is -0.174. The number of carbonyl (C=O) groups excluding carboxylic acids is 2. The van der Waals surface area contributed by atoms with E-state index >= 15 is 0 Å². The van der Waals surface area contributed by atoms with E-state index in [-0.39, 0.29) is 0 Å². The smallest absolute Gasteiger partial charge is 0.411 e. The van der Waals surface area contributed by atoms with Gasteiger partial charge in [0.05, 0.1) is 0 Å². The van der Waals surface area contributed by atoms with Crippen LogP contribution in [0.2, 0.25) is 0 Å². The zero-order valence-corrected chi connectivity index (χ0v) is 20.3. The number of nitrogens with zero attached hydrogens (tertiary/aromatic N) is 1. The van der Waals surface area contributed by atoms with Crippen molar-refractivity contribution >= 4 is 18.1 Å². The van der Waals surface area contributed by atoms with Gasteiger partial charge in [-0.25, -0.2) is 9.59 Å². The van der Waals surface area contributed by atoms with Crippen molar-refractivity contribution in [3.05, 3.63) is 114 Å². The van der Waals surface area contributed by atoms with Crippen LogP contribution in [0.3, 0.4) is 0 Å². The van der Waals surface area contributed by atoms with Crippen LogP contribution in [0.1, 0.15) is 56.0 Å². The first kappa shape index (κ1) is 24.3. The Morgan fingerprint density at radius 1 is 0.886 bits per heavy atom. The van der Waals surface area contributed by atoms with Gasteiger partial charge in [0.25, 0.3) is 0 Å². The van der Waals surface area contributed by atoms with E-state index in [9.17, 15) is 9.59 Å². The molecule has 1 amide bonds. The summed E-state index contributed by atoms with van der Waals surface area (Å²) in [5.41, 5.74) is 1.99. The molecule has 35 heavy (non-hydrogen) atoms. The van der Waals surface area contributed by atoms with Crippen molar-refractivity contribution in [1.29, 1.82) is 0 Å². The molecule has 3 aromatic rings. The average Bonchev–Trinajstić information content (AvgIpc) is 2.85. The number of benzene rings is 3. The predicted molar refractivity (Wildman–Crippen MR) is 136 cm³/mol. The zero-order valence-electron chi connectivity index (χ0n) is 20.3. The third-order valence-electron chi connectivity index (χ3n) is 5.78. The molecule has 0 saturated carbocycles. The maximum Gasteiger partial charge on any atom is 0.411 e. The molecule has 0 bridgehead atoms. The molecule has 0 radical (unpaired) electrons. The predicted octanol–water partition coefficient (Wildman–Crippen LogP) is 6.74. The number of hydrogen-bond acceptors (Lipinski definition) is 4. The molecule has 0 N–H and O–H groups in total. The fourth-order valence-corrected chi connectivity index (χ4v) is 4.26. The highest BCUT2D eigenvalue weighted by Crippen LogP contribution is 2.43. The Morgan fingerprint density at radius 2 is 1.43 bits per heavy atom. The lowest BCUT2D eigenvalue weighted by Crippen LogP contribution is -2.55. The molecule has 1 heterocycles. The molecule has 4 rings (SSSR count). The second-order valence-corrected chi connectivity index (χ2v) is 9.58. The Morgan fingerprint density at radius 3 is 2.00 bits per heavy atom. The van der Waals surface area contributed by atoms with Gasteiger partial charge in [0.15, 0.2) is 6.10 Å². The van der Waals surface area contributed by atoms with Gasteiger partial charge in [0.2, 0.25) is 0 Å². The number of carbonyl (C=O) groups is 2. The Bertz CT molecular complexity index is 1150. The zero-order chi connectivity index (χ0) is 24.8. The van der Waals surface area contributed by atoms with E-state index in [0.29, 0.717) is 6.42 Å². The van der Waals surface area contributed by atoms with E-state index in [4.69, 9.17) is 9.47 Å². The highest BCUT2D eigenvalue weighted by Gasteiger charge is 2.48. The molecule has 0 spiro atoms. The molecule has 0 aromatic heterocycles. The van der Waals surface area contributed by atoms with Gasteiger partial charge in [0.1, 0.15) is 17.7 Å². The van der Waals surface area contributed by atoms with Gasteiger partial charge in [0, 0.05) is 0 Å². The molecule has 5 heteroatoms. The number of morpholine rings is 1. The van der Waals surface area contributed by atoms with Crippen molar-refractivity contribution in [1.82, 2.24) is 4.90 Å². The molecule has 1 fully saturated rings. The molecule has 1 aliphatic heterocycles. The summed E-state index contributed by atoms with van der Waals surface area (Å²) < 4.78 is 11.9. The van der Waals surface area contributed by atoms with Gasteiger partial charge in [-0.1, -0.05) is 103 Å². The molecule has 1 saturated heterocycles. The summed E-state index contributed by atoms with van der Waals surface area (Å²) in [5, 5.41) is 0. The van der Waals surface area contributed by atoms with Crippen LogP contribution < -0.4 is 0 Å². The van der Waals surface area contributed by atoms with Crippen LogP contribution in [-0.2, 0) is 14.3 Å². The molecule has 3 atom stereocenters. The fourth-order valence-electron chi connectivity index (χ4n) is 4.26. The summed E-state index contributed by atoms with van der Waals surface area (Å²) in [4.78, 5) is 28.6. The van der Waals surface area contributed by atoms with Crippen molar-refractivity contribution in [2.75, 3.05) is 0 Å². The Hall–Kier alpha value is -3.86. The minimum Gasteiger partial charge on any atom is -0.453 e. The maximum absolute atomic E-state index is 13.6. The summed E-state index contributed by atoms with van der Waals surface area (Å²) in [5.74, 6) is -0.449. The number of amides is 1. The van der Waals surface area contributed by atoms with Crippen LogP contribution >= 0.6 is 0 Å². The second-order valence-electron chi connectivity index (χ2n) is 9.58. The van der Waals surface area contributed by atoms with Crippen LogP contribution in [0.5, 0.6) is 0 Å². The average molecular weight is 470 g/mol. The van der Waals surface area contributed by atoms with Gasteiger partial charge in [-0.3, -0.25) is 4.90 Å². The second kappa shape index (κ2) is 10.6. The van der Waals surface area contributed by atoms with Crippen LogP contribution in [0.4, 0.5) is 4.79 Å². The quantitative estimate of drug-likeness (QED) is 0.389. The molecule has 5 nitrogen and oxygen atoms in total. The minimum atomic E-state index is -0.824. The van der Waals surface area contributed by atoms with Gasteiger partial charge in [-0.05, 0) is 43.9 Å². The number of esters is 1. The van der Waals surface area contributed by atoms with E-state index in [2.05, 4.69) is 0 Å². The molecule has 1 aliphatic rings. The normalized spacial score (nSPS) is 20.5. The number of hydrogen-bond donors (Lipinski definition) is 0. The highest BCUT2D eigenvalue weighted by atomic mass is 16.6. The first-order valence-corrected chi connectivity index (χ1v) is 11.9. The van der Waals surface area contributed by atoms with Crippen LogP contribution in [0.25, 0.3) is 6.08 Å². The largest absolute Gasteiger partial charge is 0.453 e. The first-order chi connectivity index (χ1) is 16.8. The molecule has 180 valence electrons. The SMILES string of the molecule is CC(C)(C)OC(=O)N1C(CC=Cc2ccccc2)C(=O)OC(c2ccccc2)C1c1ccccc1. The summed E-state index contributed by atoms with van der Waals surface area (Å²) in [6.45, 7) is 5.47. The number of rotatable bonds is 5. The van der Waals surface area contributed by atoms with Crippen molar-refractivity contribution in [2.45, 2.75) is 51.0 Å². The van der Waals surface area contributed by atoms with E-state index in [1.807, 2.05) is 124 Å². The third kappa shape index (κ3) is 5.99. The Labute approximate surface area is 207 Å². The van der Waals surface area contributed by atoms with Crippen molar-refractivity contribution in [2.24, 2.45) is 0 Å². The topological polar surface area (TPSA) is 55.8 Å². The first-order valence-electron chi connectivity index (χ1n) is 11.9. The summed E-state index contributed by atoms with van der Waals surface area (Å²) in [6, 6.07) is 27.7. The summed E-state index contributed by atoms with van der Waals surface area (Å²) in [7, 11) is 0. The molecule has 0 aliphatic carbocycles. The van der Waals surface area contributed by atoms with Gasteiger partial charge >= 0.3 is 12.1 Å². The fraction of sp³-hybridized carbons (Fsp3) is 0.267. The van der Waals surface area contributed by atoms with E-state index in [1.165, 1.54) is 0 Å². The summed E-state index contributed by atoms with van der Waals surface area (Å²) in [6.07, 6.45) is 2.96. The molecule has 3 aromatic carbocycles. The van der Waals surface area contributed by atoms with Crippen molar-refractivity contribution < 1.29 is 19.1 Å². The maximum atomic E-state index is 13.6. The van der Waals surface area contributed by atoms with E-state index in [0.717, 1.165) is 16.7 Å². The molecule has 3 unspecified atom stereocenters. The lowest BCUT2D eigenvalue weighted by Gasteiger charge is -2.45. The number of ether oxygens (including phenoxy) is 2. The third-order valence-corrected chi connectivity index (χ3v) is 5.78. The Balaban J connectivity index is 1.76. The van der Waals surface area contributed by atoms with Gasteiger partial charge in [-0.15, -0.1) is 0 Å². The summed E-state index contributed by atoms with van der Waals surface area (Å²) >= 11 is 0. The van der Waals surface area contributed by atoms with E-state index in [1.54, 1.807) is 4.90 Å². The van der Waals surface area contributed by atoms with Crippen molar-refractivity contribution in [3.8, 4) is 0 Å². The van der Waals surface area contributed by atoms with Crippen LogP contribution in [-0.4, -0.2) is 28.6 Å². The lowest BCUT2D eigenvalue weighted by atomic mass is 9.90. The molecular weight excluding hydrogens is 438 g/mol. The van der Waals surface area contributed by atoms with Gasteiger partial charge in [-0.2, -0.15) is 0 Å². The highest BCUT2D eigenvalue weighted by molar-refractivity contribution is 5.84. The standard InChI is InChI=1S/C30H31NO4/c1-30(2,3)35-29(33)31-25(21-13-16-22-14-7-4-8-15-22)28(32)34-27(24-19-11-6-12-20-24)26(31)23-17-9-5-10-18-23/h4-20,25-27H,21H2,1-3H3. The van der Waals surface area contributed by atoms with Gasteiger partial charge < -0.3 is 9.47 Å². The van der Waals surface area contributed by atoms with Crippen LogP contribution in [0.15, 0.2) is 97.1 Å². The molecular formula is C30H31NO4. The Kier molecular flexibility index (Phi) is 7.35. The van der Waals surface area contributed by atoms with E-state index < -0.39 is 35.9 Å². The monoisotopic (exact) mass is 469 g/mol. The number of cyclic esters (lactones) is 1. The van der Waals surface area contributed by atoms with Crippen molar-refractivity contribution in [3.63, 3.8) is 0 Å². The van der Waals surface area contributed by atoms with Crippen LogP contribution in [0, 0.1) is 0 Å². The minimum absolute atomic E-state index is 0.303.